The standard InChI is InChI=1S/C19H25ClN4OS/c20-16-3-1-14(2-4-16)11-18-22-23-19(26-18)21-17-5-8-24(9-6-17)12-15-7-10-25-13-15/h1-4,15,17H,5-13H2,(H,21,23). The Morgan fingerprint density at radius 2 is 1.96 bits per heavy atom. The Morgan fingerprint density at radius 1 is 1.15 bits per heavy atom. The Hall–Kier alpha value is -1.21. The van der Waals surface area contributed by atoms with E-state index in [0.717, 1.165) is 53.8 Å². The van der Waals surface area contributed by atoms with Crippen molar-refractivity contribution in [3.63, 3.8) is 0 Å². The predicted molar refractivity (Wildman–Crippen MR) is 106 cm³/mol. The molecule has 0 saturated carbocycles. The number of aromatic nitrogens is 2. The lowest BCUT2D eigenvalue weighted by Crippen LogP contribution is -2.41. The second kappa shape index (κ2) is 8.65. The number of nitrogens with zero attached hydrogens (tertiary/aromatic N) is 3. The summed E-state index contributed by atoms with van der Waals surface area (Å²) in [6, 6.07) is 8.43. The van der Waals surface area contributed by atoms with Crippen LogP contribution in [0.5, 0.6) is 0 Å². The van der Waals surface area contributed by atoms with Crippen LogP contribution in [0, 0.1) is 5.92 Å². The maximum absolute atomic E-state index is 5.94. The van der Waals surface area contributed by atoms with Gasteiger partial charge in [-0.25, -0.2) is 0 Å². The van der Waals surface area contributed by atoms with Gasteiger partial charge in [0.1, 0.15) is 5.01 Å². The quantitative estimate of drug-likeness (QED) is 0.812. The average Bonchev–Trinajstić information content (AvgIpc) is 3.31. The van der Waals surface area contributed by atoms with E-state index in [2.05, 4.69) is 20.4 Å². The van der Waals surface area contributed by atoms with Gasteiger partial charge in [0, 0.05) is 43.7 Å². The van der Waals surface area contributed by atoms with Gasteiger partial charge in [0.2, 0.25) is 5.13 Å². The summed E-state index contributed by atoms with van der Waals surface area (Å²) in [6.07, 6.45) is 4.36. The first-order chi connectivity index (χ1) is 12.7. The van der Waals surface area contributed by atoms with E-state index in [1.54, 1.807) is 11.3 Å². The first-order valence-electron chi connectivity index (χ1n) is 9.38. The first kappa shape index (κ1) is 18.2. The summed E-state index contributed by atoms with van der Waals surface area (Å²) in [6.45, 7) is 5.39. The molecule has 26 heavy (non-hydrogen) atoms. The number of ether oxygens (including phenoxy) is 1. The Balaban J connectivity index is 1.23. The van der Waals surface area contributed by atoms with Crippen LogP contribution in [0.3, 0.4) is 0 Å². The lowest BCUT2D eigenvalue weighted by molar-refractivity contribution is 0.154. The van der Waals surface area contributed by atoms with Gasteiger partial charge in [0.25, 0.3) is 0 Å². The Kier molecular flexibility index (Phi) is 6.05. The van der Waals surface area contributed by atoms with Crippen LogP contribution in [0.15, 0.2) is 24.3 Å². The number of hydrogen-bond acceptors (Lipinski definition) is 6. The normalized spacial score (nSPS) is 22.0. The summed E-state index contributed by atoms with van der Waals surface area (Å²) in [5, 5.41) is 15.0. The zero-order valence-corrected chi connectivity index (χ0v) is 16.4. The first-order valence-corrected chi connectivity index (χ1v) is 10.6. The second-order valence-electron chi connectivity index (χ2n) is 7.25. The summed E-state index contributed by atoms with van der Waals surface area (Å²) < 4.78 is 5.49. The molecule has 1 aromatic heterocycles. The third-order valence-corrected chi connectivity index (χ3v) is 6.30. The van der Waals surface area contributed by atoms with Crippen molar-refractivity contribution in [1.82, 2.24) is 15.1 Å². The molecule has 4 rings (SSSR count). The molecular weight excluding hydrogens is 368 g/mol. The van der Waals surface area contributed by atoms with Crippen LogP contribution < -0.4 is 5.32 Å². The highest BCUT2D eigenvalue weighted by molar-refractivity contribution is 7.15. The maximum Gasteiger partial charge on any atom is 0.205 e. The number of rotatable bonds is 6. The molecule has 3 heterocycles. The lowest BCUT2D eigenvalue weighted by Gasteiger charge is -2.33. The summed E-state index contributed by atoms with van der Waals surface area (Å²) in [5.41, 5.74) is 1.21. The van der Waals surface area contributed by atoms with E-state index in [1.807, 2.05) is 24.3 Å². The van der Waals surface area contributed by atoms with Gasteiger partial charge in [0.15, 0.2) is 0 Å². The van der Waals surface area contributed by atoms with Gasteiger partial charge in [-0.2, -0.15) is 0 Å². The van der Waals surface area contributed by atoms with E-state index in [9.17, 15) is 0 Å². The van der Waals surface area contributed by atoms with Crippen molar-refractivity contribution in [1.29, 1.82) is 0 Å². The number of benzene rings is 1. The van der Waals surface area contributed by atoms with E-state index < -0.39 is 0 Å². The van der Waals surface area contributed by atoms with Crippen LogP contribution in [0.1, 0.15) is 29.8 Å². The smallest absolute Gasteiger partial charge is 0.205 e. The molecule has 2 fully saturated rings. The molecule has 1 unspecified atom stereocenters. The van der Waals surface area contributed by atoms with E-state index in [4.69, 9.17) is 16.3 Å². The van der Waals surface area contributed by atoms with Gasteiger partial charge < -0.3 is 15.0 Å². The number of likely N-dealkylation sites (tertiary alicyclic amines) is 1. The predicted octanol–water partition coefficient (Wildman–Crippen LogP) is 3.70. The van der Waals surface area contributed by atoms with E-state index in [1.165, 1.54) is 31.4 Å². The van der Waals surface area contributed by atoms with Crippen molar-refractivity contribution >= 4 is 28.1 Å². The van der Waals surface area contributed by atoms with Gasteiger partial charge in [-0.05, 0) is 42.9 Å². The van der Waals surface area contributed by atoms with E-state index in [-0.39, 0.29) is 0 Å². The van der Waals surface area contributed by atoms with E-state index >= 15 is 0 Å². The highest BCUT2D eigenvalue weighted by Gasteiger charge is 2.24. The highest BCUT2D eigenvalue weighted by atomic mass is 35.5. The fourth-order valence-corrected chi connectivity index (χ4v) is 4.66. The molecular formula is C19H25ClN4OS. The third-order valence-electron chi connectivity index (χ3n) is 5.19. The van der Waals surface area contributed by atoms with Crippen molar-refractivity contribution in [2.75, 3.05) is 38.2 Å². The van der Waals surface area contributed by atoms with Gasteiger partial charge in [-0.1, -0.05) is 35.1 Å². The zero-order valence-electron chi connectivity index (χ0n) is 14.9. The molecule has 0 radical (unpaired) electrons. The fourth-order valence-electron chi connectivity index (χ4n) is 3.69. The minimum absolute atomic E-state index is 0.502. The zero-order chi connectivity index (χ0) is 17.8. The molecule has 2 aliphatic heterocycles. The number of piperidine rings is 1. The molecule has 0 amide bonds. The maximum atomic E-state index is 5.94. The van der Waals surface area contributed by atoms with Crippen molar-refractivity contribution in [3.8, 4) is 0 Å². The van der Waals surface area contributed by atoms with Crippen LogP contribution in [0.2, 0.25) is 5.02 Å². The molecule has 2 saturated heterocycles. The Morgan fingerprint density at radius 3 is 2.69 bits per heavy atom. The lowest BCUT2D eigenvalue weighted by atomic mass is 10.0. The molecule has 1 aromatic carbocycles. The molecule has 2 aromatic rings. The van der Waals surface area contributed by atoms with Crippen LogP contribution in [-0.2, 0) is 11.2 Å². The molecule has 1 atom stereocenters. The topological polar surface area (TPSA) is 50.3 Å². The molecule has 5 nitrogen and oxygen atoms in total. The number of halogens is 1. The minimum atomic E-state index is 0.502. The van der Waals surface area contributed by atoms with Crippen molar-refractivity contribution in [3.05, 3.63) is 39.9 Å². The summed E-state index contributed by atoms with van der Waals surface area (Å²) in [4.78, 5) is 2.59. The number of anilines is 1. The minimum Gasteiger partial charge on any atom is -0.381 e. The van der Waals surface area contributed by atoms with Crippen LogP contribution in [0.4, 0.5) is 5.13 Å². The third kappa shape index (κ3) is 4.94. The number of hydrogen-bond donors (Lipinski definition) is 1. The number of nitrogens with one attached hydrogen (secondary N) is 1. The molecule has 0 bridgehead atoms. The van der Waals surface area contributed by atoms with Crippen LogP contribution in [-0.4, -0.2) is 54.0 Å². The molecule has 140 valence electrons. The average molecular weight is 393 g/mol. The monoisotopic (exact) mass is 392 g/mol. The van der Waals surface area contributed by atoms with Gasteiger partial charge in [-0.15, -0.1) is 10.2 Å². The molecule has 0 spiro atoms. The van der Waals surface area contributed by atoms with E-state index in [0.29, 0.717) is 6.04 Å². The van der Waals surface area contributed by atoms with Gasteiger partial charge in [0.05, 0.1) is 6.61 Å². The highest BCUT2D eigenvalue weighted by Crippen LogP contribution is 2.23. The largest absolute Gasteiger partial charge is 0.381 e. The molecule has 7 heteroatoms. The molecule has 2 aliphatic rings. The van der Waals surface area contributed by atoms with Gasteiger partial charge >= 0.3 is 0 Å². The van der Waals surface area contributed by atoms with Crippen molar-refractivity contribution in [2.45, 2.75) is 31.7 Å². The summed E-state index contributed by atoms with van der Waals surface area (Å²) >= 11 is 7.60. The van der Waals surface area contributed by atoms with Gasteiger partial charge in [-0.3, -0.25) is 0 Å². The van der Waals surface area contributed by atoms with Crippen molar-refractivity contribution in [2.24, 2.45) is 5.92 Å². The van der Waals surface area contributed by atoms with Crippen molar-refractivity contribution < 1.29 is 4.74 Å². The SMILES string of the molecule is Clc1ccc(Cc2nnc(NC3CCN(CC4CCOC4)CC3)s2)cc1. The Bertz CT molecular complexity index is 694. The Labute approximate surface area is 163 Å². The van der Waals surface area contributed by atoms with Crippen LogP contribution >= 0.6 is 22.9 Å². The fraction of sp³-hybridized carbons (Fsp3) is 0.579. The summed E-state index contributed by atoms with van der Waals surface area (Å²) in [7, 11) is 0. The molecule has 0 aliphatic carbocycles. The van der Waals surface area contributed by atoms with Crippen LogP contribution in [0.25, 0.3) is 0 Å². The molecule has 1 N–H and O–H groups in total. The summed E-state index contributed by atoms with van der Waals surface area (Å²) in [5.74, 6) is 0.734. The second-order valence-corrected chi connectivity index (χ2v) is 8.75.